The summed E-state index contributed by atoms with van der Waals surface area (Å²) in [6, 6.07) is 3.72. The number of aryl methyl sites for hydroxylation is 1. The van der Waals surface area contributed by atoms with Gasteiger partial charge in [0.05, 0.1) is 16.4 Å². The van der Waals surface area contributed by atoms with Crippen molar-refractivity contribution in [2.45, 2.75) is 11.8 Å². The normalized spacial score (nSPS) is 14.9. The van der Waals surface area contributed by atoms with Crippen molar-refractivity contribution < 1.29 is 18.1 Å². The number of nitro benzene ring substituents is 1. The zero-order chi connectivity index (χ0) is 17.9. The molecule has 1 aromatic rings. The summed E-state index contributed by atoms with van der Waals surface area (Å²) in [6.07, 6.45) is 0. The summed E-state index contributed by atoms with van der Waals surface area (Å²) >= 11 is 0. The number of rotatable bonds is 5. The molecule has 9 nitrogen and oxygen atoms in total. The van der Waals surface area contributed by atoms with Crippen LogP contribution in [0.1, 0.15) is 5.56 Å². The number of nitrogens with one attached hydrogen (secondary N) is 1. The zero-order valence-corrected chi connectivity index (χ0v) is 15.6. The minimum atomic E-state index is -3.98. The lowest BCUT2D eigenvalue weighted by Crippen LogP contribution is -2.49. The van der Waals surface area contributed by atoms with Crippen molar-refractivity contribution in [2.75, 3.05) is 39.8 Å². The molecule has 25 heavy (non-hydrogen) atoms. The van der Waals surface area contributed by atoms with E-state index in [1.807, 2.05) is 0 Å². The van der Waals surface area contributed by atoms with Crippen LogP contribution in [0.25, 0.3) is 0 Å². The first-order chi connectivity index (χ1) is 11.2. The van der Waals surface area contributed by atoms with E-state index in [1.165, 1.54) is 26.1 Å². The standard InChI is InChI=1S/C14H20N4O5S.ClH/c1-11-3-4-12(9-13(11)18(20)21)24(22,23)16(2)10-14(19)17-7-5-15-6-8-17;/h3-4,9,15H,5-8,10H2,1-2H3;1H. The van der Waals surface area contributed by atoms with Gasteiger partial charge in [-0.3, -0.25) is 14.9 Å². The molecule has 1 fully saturated rings. The molecule has 0 unspecified atom stereocenters. The summed E-state index contributed by atoms with van der Waals surface area (Å²) in [5.41, 5.74) is 0.108. The number of halogens is 1. The Kier molecular flexibility index (Phi) is 7.29. The summed E-state index contributed by atoms with van der Waals surface area (Å²) in [4.78, 5) is 24.0. The maximum absolute atomic E-state index is 12.6. The van der Waals surface area contributed by atoms with E-state index in [0.29, 0.717) is 31.7 Å². The summed E-state index contributed by atoms with van der Waals surface area (Å²) < 4.78 is 26.0. The largest absolute Gasteiger partial charge is 0.339 e. The minimum Gasteiger partial charge on any atom is -0.339 e. The molecule has 11 heteroatoms. The number of carbonyl (C=O) groups excluding carboxylic acids is 1. The van der Waals surface area contributed by atoms with E-state index in [4.69, 9.17) is 0 Å². The molecular weight excluding hydrogens is 372 g/mol. The summed E-state index contributed by atoms with van der Waals surface area (Å²) in [7, 11) is -2.69. The van der Waals surface area contributed by atoms with E-state index in [-0.39, 0.29) is 35.4 Å². The molecule has 1 saturated heterocycles. The predicted octanol–water partition coefficient (Wildman–Crippen LogP) is 0.377. The van der Waals surface area contributed by atoms with Gasteiger partial charge in [0, 0.05) is 44.9 Å². The first-order valence-corrected chi connectivity index (χ1v) is 8.87. The lowest BCUT2D eigenvalue weighted by Gasteiger charge is -2.29. The second-order valence-corrected chi connectivity index (χ2v) is 7.64. The number of hydrogen-bond acceptors (Lipinski definition) is 6. The Morgan fingerprint density at radius 2 is 1.96 bits per heavy atom. The molecule has 1 heterocycles. The maximum atomic E-state index is 12.6. The highest BCUT2D eigenvalue weighted by Crippen LogP contribution is 2.24. The molecule has 0 aliphatic carbocycles. The fraction of sp³-hybridized carbons (Fsp3) is 0.500. The molecule has 140 valence electrons. The van der Waals surface area contributed by atoms with Gasteiger partial charge in [-0.25, -0.2) is 8.42 Å². The SMILES string of the molecule is Cc1ccc(S(=O)(=O)N(C)CC(=O)N2CCNCC2)cc1[N+](=O)[O-].Cl. The van der Waals surface area contributed by atoms with Crippen LogP contribution in [-0.2, 0) is 14.8 Å². The molecule has 0 spiro atoms. The highest BCUT2D eigenvalue weighted by molar-refractivity contribution is 7.89. The van der Waals surface area contributed by atoms with Crippen LogP contribution in [0.5, 0.6) is 0 Å². The molecule has 1 aliphatic rings. The maximum Gasteiger partial charge on any atom is 0.273 e. The van der Waals surface area contributed by atoms with Crippen molar-refractivity contribution in [1.29, 1.82) is 0 Å². The first-order valence-electron chi connectivity index (χ1n) is 7.43. The highest BCUT2D eigenvalue weighted by atomic mass is 35.5. The van der Waals surface area contributed by atoms with Crippen LogP contribution in [0.4, 0.5) is 5.69 Å². The van der Waals surface area contributed by atoms with E-state index in [2.05, 4.69) is 5.32 Å². The molecule has 0 bridgehead atoms. The van der Waals surface area contributed by atoms with E-state index in [0.717, 1.165) is 10.4 Å². The van der Waals surface area contributed by atoms with Gasteiger partial charge in [-0.15, -0.1) is 12.4 Å². The molecule has 0 radical (unpaired) electrons. The number of benzene rings is 1. The van der Waals surface area contributed by atoms with E-state index in [9.17, 15) is 23.3 Å². The van der Waals surface area contributed by atoms with Crippen molar-refractivity contribution in [1.82, 2.24) is 14.5 Å². The molecular formula is C14H21ClN4O5S. The minimum absolute atomic E-state index is 0. The number of sulfonamides is 1. The molecule has 1 N–H and O–H groups in total. The van der Waals surface area contributed by atoms with Crippen LogP contribution in [0.15, 0.2) is 23.1 Å². The predicted molar refractivity (Wildman–Crippen MR) is 94.3 cm³/mol. The molecule has 0 saturated carbocycles. The van der Waals surface area contributed by atoms with Crippen LogP contribution >= 0.6 is 12.4 Å². The van der Waals surface area contributed by atoms with Crippen molar-refractivity contribution in [3.63, 3.8) is 0 Å². The number of nitro groups is 1. The third-order valence-corrected chi connectivity index (χ3v) is 5.71. The molecule has 1 aliphatic heterocycles. The van der Waals surface area contributed by atoms with Crippen LogP contribution < -0.4 is 5.32 Å². The van der Waals surface area contributed by atoms with Crippen molar-refractivity contribution in [2.24, 2.45) is 0 Å². The van der Waals surface area contributed by atoms with E-state index in [1.54, 1.807) is 4.90 Å². The number of carbonyl (C=O) groups is 1. The van der Waals surface area contributed by atoms with Gasteiger partial charge in [-0.1, -0.05) is 6.07 Å². The lowest BCUT2D eigenvalue weighted by molar-refractivity contribution is -0.385. The molecule has 1 aromatic carbocycles. The number of piperazine rings is 1. The van der Waals surface area contributed by atoms with Gasteiger partial charge in [-0.05, 0) is 13.0 Å². The number of nitrogens with zero attached hydrogens (tertiary/aromatic N) is 3. The third kappa shape index (κ3) is 4.88. The average Bonchev–Trinajstić information content (AvgIpc) is 2.55. The van der Waals surface area contributed by atoms with Gasteiger partial charge in [0.25, 0.3) is 5.69 Å². The summed E-state index contributed by atoms with van der Waals surface area (Å²) in [5.74, 6) is -0.288. The Bertz CT molecular complexity index is 750. The van der Waals surface area contributed by atoms with Crippen LogP contribution in [0.3, 0.4) is 0 Å². The average molecular weight is 393 g/mol. The second-order valence-electron chi connectivity index (χ2n) is 5.60. The number of hydrogen-bond donors (Lipinski definition) is 1. The van der Waals surface area contributed by atoms with Crippen molar-refractivity contribution in [3.05, 3.63) is 33.9 Å². The van der Waals surface area contributed by atoms with Gasteiger partial charge < -0.3 is 10.2 Å². The Balaban J connectivity index is 0.00000312. The Morgan fingerprint density at radius 3 is 2.52 bits per heavy atom. The fourth-order valence-electron chi connectivity index (χ4n) is 2.42. The van der Waals surface area contributed by atoms with Crippen LogP contribution in [0.2, 0.25) is 0 Å². The highest BCUT2D eigenvalue weighted by Gasteiger charge is 2.27. The Hall–Kier alpha value is -1.75. The summed E-state index contributed by atoms with van der Waals surface area (Å²) in [6.45, 7) is 3.64. The topological polar surface area (TPSA) is 113 Å². The van der Waals surface area contributed by atoms with Gasteiger partial charge in [-0.2, -0.15) is 4.31 Å². The second kappa shape index (κ2) is 8.56. The molecule has 0 aromatic heterocycles. The Labute approximate surface area is 152 Å². The molecule has 1 amide bonds. The van der Waals surface area contributed by atoms with E-state index >= 15 is 0 Å². The molecule has 0 atom stereocenters. The zero-order valence-electron chi connectivity index (χ0n) is 14.0. The Morgan fingerprint density at radius 1 is 1.36 bits per heavy atom. The smallest absolute Gasteiger partial charge is 0.273 e. The van der Waals surface area contributed by atoms with E-state index < -0.39 is 14.9 Å². The van der Waals surface area contributed by atoms with Gasteiger partial charge >= 0.3 is 0 Å². The van der Waals surface area contributed by atoms with Crippen LogP contribution in [-0.4, -0.2) is 68.2 Å². The first kappa shape index (κ1) is 21.3. The number of likely N-dealkylation sites (N-methyl/N-ethyl adjacent to an activating group) is 1. The van der Waals surface area contributed by atoms with Gasteiger partial charge in [0.15, 0.2) is 0 Å². The third-order valence-electron chi connectivity index (χ3n) is 3.91. The molecule has 2 rings (SSSR count). The van der Waals surface area contributed by atoms with Crippen LogP contribution in [0, 0.1) is 17.0 Å². The van der Waals surface area contributed by atoms with Crippen molar-refractivity contribution in [3.8, 4) is 0 Å². The monoisotopic (exact) mass is 392 g/mol. The lowest BCUT2D eigenvalue weighted by atomic mass is 10.2. The quantitative estimate of drug-likeness (QED) is 0.572. The summed E-state index contributed by atoms with van der Waals surface area (Å²) in [5, 5.41) is 14.1. The van der Waals surface area contributed by atoms with Crippen molar-refractivity contribution >= 4 is 34.0 Å². The van der Waals surface area contributed by atoms with Gasteiger partial charge in [0.1, 0.15) is 0 Å². The number of amides is 1. The fourth-order valence-corrected chi connectivity index (χ4v) is 3.56. The van der Waals surface area contributed by atoms with Gasteiger partial charge in [0.2, 0.25) is 15.9 Å².